The number of benzene rings is 3. The second-order valence-electron chi connectivity index (χ2n) is 9.65. The molecule has 38 heavy (non-hydrogen) atoms. The molecule has 6 rings (SSSR count). The van der Waals surface area contributed by atoms with Crippen LogP contribution in [0.25, 0.3) is 6.08 Å². The van der Waals surface area contributed by atoms with E-state index in [1.165, 1.54) is 17.0 Å². The van der Waals surface area contributed by atoms with Crippen molar-refractivity contribution in [2.45, 2.75) is 24.8 Å². The molecule has 0 spiro atoms. The van der Waals surface area contributed by atoms with Crippen LogP contribution in [0.4, 0.5) is 18.9 Å². The summed E-state index contributed by atoms with van der Waals surface area (Å²) in [5, 5.41) is 2.57. The first-order valence-electron chi connectivity index (χ1n) is 12.2. The standard InChI is InChI=1S/C29H22F3N3O3/c30-29(31,32)19-10-6-11-20(15-19)33-26(36)25-23-22(24-21-12-5-4-9-18(21)13-14-34(24)25)27(37)35(28(23)38)16-17-7-2-1-3-8-17/h1-15,22-25H,16H2,(H,33,36)/t22-,23+,24-,25-/m0/s1. The van der Waals surface area contributed by atoms with Crippen molar-refractivity contribution in [3.63, 3.8) is 0 Å². The molecule has 3 aromatic carbocycles. The zero-order valence-corrected chi connectivity index (χ0v) is 19.9. The summed E-state index contributed by atoms with van der Waals surface area (Å²) in [4.78, 5) is 44.0. The van der Waals surface area contributed by atoms with E-state index in [-0.39, 0.29) is 18.1 Å². The maximum atomic E-state index is 13.7. The smallest absolute Gasteiger partial charge is 0.357 e. The number of alkyl halides is 3. The van der Waals surface area contributed by atoms with Crippen molar-refractivity contribution in [3.05, 3.63) is 107 Å². The van der Waals surface area contributed by atoms with Gasteiger partial charge in [0, 0.05) is 11.9 Å². The molecule has 2 fully saturated rings. The Balaban J connectivity index is 1.38. The Morgan fingerprint density at radius 2 is 1.58 bits per heavy atom. The van der Waals surface area contributed by atoms with E-state index in [0.29, 0.717) is 0 Å². The topological polar surface area (TPSA) is 69.7 Å². The van der Waals surface area contributed by atoms with Crippen molar-refractivity contribution < 1.29 is 27.6 Å². The number of rotatable bonds is 4. The van der Waals surface area contributed by atoms with Crippen LogP contribution in [0.15, 0.2) is 85.1 Å². The third-order valence-corrected chi connectivity index (χ3v) is 7.46. The summed E-state index contributed by atoms with van der Waals surface area (Å²) >= 11 is 0. The predicted octanol–water partition coefficient (Wildman–Crippen LogP) is 4.86. The summed E-state index contributed by atoms with van der Waals surface area (Å²) in [7, 11) is 0. The molecule has 1 N–H and O–H groups in total. The minimum atomic E-state index is -4.57. The van der Waals surface area contributed by atoms with Gasteiger partial charge in [-0.1, -0.05) is 60.7 Å². The largest absolute Gasteiger partial charge is 0.416 e. The molecule has 0 unspecified atom stereocenters. The van der Waals surface area contributed by atoms with E-state index >= 15 is 0 Å². The molecular formula is C29H22F3N3O3. The average Bonchev–Trinajstić information content (AvgIpc) is 3.37. The van der Waals surface area contributed by atoms with Gasteiger partial charge in [-0.2, -0.15) is 13.2 Å². The zero-order valence-electron chi connectivity index (χ0n) is 19.9. The minimum absolute atomic E-state index is 0.0378. The van der Waals surface area contributed by atoms with Crippen molar-refractivity contribution >= 4 is 29.5 Å². The highest BCUT2D eigenvalue weighted by atomic mass is 19.4. The van der Waals surface area contributed by atoms with Crippen LogP contribution < -0.4 is 5.32 Å². The molecule has 0 aliphatic carbocycles. The van der Waals surface area contributed by atoms with Gasteiger partial charge in [-0.05, 0) is 41.0 Å². The Morgan fingerprint density at radius 1 is 0.868 bits per heavy atom. The van der Waals surface area contributed by atoms with Crippen LogP contribution in [0, 0.1) is 11.8 Å². The van der Waals surface area contributed by atoms with Gasteiger partial charge in [-0.15, -0.1) is 0 Å². The molecule has 0 saturated carbocycles. The van der Waals surface area contributed by atoms with Crippen LogP contribution >= 0.6 is 0 Å². The Hall–Kier alpha value is -4.40. The first kappa shape index (κ1) is 24.0. The molecule has 3 amide bonds. The van der Waals surface area contributed by atoms with E-state index in [0.717, 1.165) is 28.8 Å². The van der Waals surface area contributed by atoms with E-state index in [1.807, 2.05) is 60.7 Å². The number of likely N-dealkylation sites (tertiary alicyclic amines) is 1. The summed E-state index contributed by atoms with van der Waals surface area (Å²) in [6.45, 7) is 0.0810. The Labute approximate surface area is 216 Å². The highest BCUT2D eigenvalue weighted by Gasteiger charge is 2.64. The van der Waals surface area contributed by atoms with Gasteiger partial charge in [-0.25, -0.2) is 0 Å². The lowest BCUT2D eigenvalue weighted by molar-refractivity contribution is -0.143. The number of hydrogen-bond donors (Lipinski definition) is 1. The van der Waals surface area contributed by atoms with Gasteiger partial charge in [0.2, 0.25) is 17.7 Å². The van der Waals surface area contributed by atoms with Gasteiger partial charge in [0.05, 0.1) is 30.0 Å². The number of carbonyl (C=O) groups is 3. The molecule has 3 aromatic rings. The third-order valence-electron chi connectivity index (χ3n) is 7.46. The zero-order chi connectivity index (χ0) is 26.6. The number of anilines is 1. The molecule has 4 atom stereocenters. The SMILES string of the molecule is O=C(Nc1cccc(C(F)(F)F)c1)[C@@H]1[C@@H]2C(=O)N(Cc3ccccc3)C(=O)[C@@H]2[C@@H]2c3ccccc3C=CN12. The third kappa shape index (κ3) is 3.86. The minimum Gasteiger partial charge on any atom is -0.357 e. The molecule has 3 heterocycles. The summed E-state index contributed by atoms with van der Waals surface area (Å²) in [6.07, 6.45) is -1.06. The number of halogens is 3. The lowest BCUT2D eigenvalue weighted by atomic mass is 9.84. The van der Waals surface area contributed by atoms with Gasteiger partial charge in [0.1, 0.15) is 6.04 Å². The molecule has 192 valence electrons. The van der Waals surface area contributed by atoms with E-state index in [1.54, 1.807) is 11.1 Å². The number of carbonyl (C=O) groups excluding carboxylic acids is 3. The lowest BCUT2D eigenvalue weighted by Crippen LogP contribution is -2.46. The Kier molecular flexibility index (Phi) is 5.59. The summed E-state index contributed by atoms with van der Waals surface area (Å²) in [6, 6.07) is 19.3. The van der Waals surface area contributed by atoms with E-state index in [9.17, 15) is 27.6 Å². The Bertz CT molecular complexity index is 1470. The van der Waals surface area contributed by atoms with E-state index in [2.05, 4.69) is 5.32 Å². The van der Waals surface area contributed by atoms with E-state index < -0.39 is 47.5 Å². The second-order valence-corrected chi connectivity index (χ2v) is 9.65. The van der Waals surface area contributed by atoms with Crippen LogP contribution in [0.1, 0.15) is 28.3 Å². The molecule has 3 aliphatic rings. The molecule has 0 radical (unpaired) electrons. The number of hydrogen-bond acceptors (Lipinski definition) is 4. The van der Waals surface area contributed by atoms with Crippen LogP contribution in [0.5, 0.6) is 0 Å². The molecule has 9 heteroatoms. The van der Waals surface area contributed by atoms with E-state index in [4.69, 9.17) is 0 Å². The molecule has 6 nitrogen and oxygen atoms in total. The maximum absolute atomic E-state index is 13.7. The van der Waals surface area contributed by atoms with Crippen molar-refractivity contribution in [2.75, 3.05) is 5.32 Å². The molecule has 2 saturated heterocycles. The summed E-state index contributed by atoms with van der Waals surface area (Å²) in [5.74, 6) is -3.27. The van der Waals surface area contributed by atoms with Crippen molar-refractivity contribution in [3.8, 4) is 0 Å². The van der Waals surface area contributed by atoms with Crippen molar-refractivity contribution in [1.82, 2.24) is 9.80 Å². The predicted molar refractivity (Wildman–Crippen MR) is 133 cm³/mol. The lowest BCUT2D eigenvalue weighted by Gasteiger charge is -2.35. The molecule has 0 bridgehead atoms. The van der Waals surface area contributed by atoms with Gasteiger partial charge >= 0.3 is 6.18 Å². The highest BCUT2D eigenvalue weighted by molar-refractivity contribution is 6.10. The second kappa shape index (κ2) is 8.86. The Morgan fingerprint density at radius 3 is 2.34 bits per heavy atom. The first-order valence-corrected chi connectivity index (χ1v) is 12.2. The van der Waals surface area contributed by atoms with Gasteiger partial charge in [-0.3, -0.25) is 19.3 Å². The highest BCUT2D eigenvalue weighted by Crippen LogP contribution is 2.52. The fraction of sp³-hybridized carbons (Fsp3) is 0.207. The maximum Gasteiger partial charge on any atom is 0.416 e. The number of amides is 3. The fourth-order valence-electron chi connectivity index (χ4n) is 5.83. The van der Waals surface area contributed by atoms with Crippen LogP contribution in [0.2, 0.25) is 0 Å². The van der Waals surface area contributed by atoms with Crippen molar-refractivity contribution in [1.29, 1.82) is 0 Å². The normalized spacial score (nSPS) is 23.8. The van der Waals surface area contributed by atoms with Gasteiger partial charge in [0.15, 0.2) is 0 Å². The molecule has 0 aromatic heterocycles. The van der Waals surface area contributed by atoms with Crippen molar-refractivity contribution in [2.24, 2.45) is 11.8 Å². The monoisotopic (exact) mass is 517 g/mol. The van der Waals surface area contributed by atoms with Crippen LogP contribution in [0.3, 0.4) is 0 Å². The van der Waals surface area contributed by atoms with Crippen LogP contribution in [-0.4, -0.2) is 33.6 Å². The number of nitrogens with zero attached hydrogens (tertiary/aromatic N) is 2. The van der Waals surface area contributed by atoms with Crippen LogP contribution in [-0.2, 0) is 27.1 Å². The molecule has 3 aliphatic heterocycles. The number of imide groups is 1. The summed E-state index contributed by atoms with van der Waals surface area (Å²) in [5.41, 5.74) is 1.55. The van der Waals surface area contributed by atoms with Gasteiger partial charge < -0.3 is 10.2 Å². The molecular weight excluding hydrogens is 495 g/mol. The quantitative estimate of drug-likeness (QED) is 0.503. The van der Waals surface area contributed by atoms with Gasteiger partial charge in [0.25, 0.3) is 0 Å². The first-order chi connectivity index (χ1) is 18.2. The number of nitrogens with one attached hydrogen (secondary N) is 1. The average molecular weight is 518 g/mol. The number of fused-ring (bicyclic) bond motifs is 5. The fourth-order valence-corrected chi connectivity index (χ4v) is 5.83. The summed E-state index contributed by atoms with van der Waals surface area (Å²) < 4.78 is 39.7.